The molecule has 1 rings (SSSR count). The standard InChI is InChI=1S/C21H34N2O3/c1-7-23(8-2)19(24)10-9-15-22-20(25)16(3)26-18-13-11-17(12-14-18)21(4,5)6/h11-14,16H,7-10,15H2,1-6H3,(H,22,25). The van der Waals surface area contributed by atoms with Gasteiger partial charge in [0.1, 0.15) is 5.75 Å². The van der Waals surface area contributed by atoms with Crippen molar-refractivity contribution in [2.24, 2.45) is 0 Å². The van der Waals surface area contributed by atoms with E-state index in [9.17, 15) is 9.59 Å². The number of nitrogens with zero attached hydrogens (tertiary/aromatic N) is 1. The number of carbonyl (C=O) groups is 2. The molecule has 146 valence electrons. The second-order valence-electron chi connectivity index (χ2n) is 7.50. The van der Waals surface area contributed by atoms with Crippen molar-refractivity contribution in [3.8, 4) is 5.75 Å². The van der Waals surface area contributed by atoms with Crippen LogP contribution >= 0.6 is 0 Å². The minimum atomic E-state index is -0.575. The quantitative estimate of drug-likeness (QED) is 0.684. The van der Waals surface area contributed by atoms with Gasteiger partial charge in [0, 0.05) is 26.1 Å². The highest BCUT2D eigenvalue weighted by Gasteiger charge is 2.16. The van der Waals surface area contributed by atoms with Crippen LogP contribution in [0, 0.1) is 0 Å². The lowest BCUT2D eigenvalue weighted by Crippen LogP contribution is -2.37. The molecular weight excluding hydrogens is 328 g/mol. The molecule has 1 aromatic carbocycles. The first-order valence-corrected chi connectivity index (χ1v) is 9.51. The van der Waals surface area contributed by atoms with Crippen LogP contribution in [0.2, 0.25) is 0 Å². The van der Waals surface area contributed by atoms with Gasteiger partial charge in [0.05, 0.1) is 0 Å². The molecule has 0 aliphatic carbocycles. The fourth-order valence-corrected chi connectivity index (χ4v) is 2.62. The smallest absolute Gasteiger partial charge is 0.260 e. The van der Waals surface area contributed by atoms with Crippen molar-refractivity contribution in [3.63, 3.8) is 0 Å². The Kier molecular flexibility index (Phi) is 8.62. The molecule has 0 aromatic heterocycles. The molecule has 1 atom stereocenters. The van der Waals surface area contributed by atoms with Crippen LogP contribution in [-0.4, -0.2) is 42.5 Å². The highest BCUT2D eigenvalue weighted by atomic mass is 16.5. The Morgan fingerprint density at radius 3 is 2.19 bits per heavy atom. The summed E-state index contributed by atoms with van der Waals surface area (Å²) in [6.07, 6.45) is 0.508. The number of hydrogen-bond donors (Lipinski definition) is 1. The summed E-state index contributed by atoms with van der Waals surface area (Å²) in [5, 5.41) is 2.83. The Morgan fingerprint density at radius 1 is 1.12 bits per heavy atom. The molecule has 26 heavy (non-hydrogen) atoms. The molecule has 0 saturated heterocycles. The fourth-order valence-electron chi connectivity index (χ4n) is 2.62. The number of carbonyl (C=O) groups excluding carboxylic acids is 2. The summed E-state index contributed by atoms with van der Waals surface area (Å²) in [5.74, 6) is 0.644. The van der Waals surface area contributed by atoms with Gasteiger partial charge in [-0.05, 0) is 50.3 Å². The van der Waals surface area contributed by atoms with E-state index in [0.29, 0.717) is 25.1 Å². The number of amides is 2. The largest absolute Gasteiger partial charge is 0.481 e. The molecule has 0 spiro atoms. The fraction of sp³-hybridized carbons (Fsp3) is 0.619. The lowest BCUT2D eigenvalue weighted by molar-refractivity contribution is -0.131. The Labute approximate surface area is 158 Å². The zero-order chi connectivity index (χ0) is 19.7. The molecule has 1 aromatic rings. The highest BCUT2D eigenvalue weighted by molar-refractivity contribution is 5.80. The number of hydrogen-bond acceptors (Lipinski definition) is 3. The summed E-state index contributed by atoms with van der Waals surface area (Å²) in [4.78, 5) is 25.8. The van der Waals surface area contributed by atoms with Gasteiger partial charge < -0.3 is 15.0 Å². The summed E-state index contributed by atoms with van der Waals surface area (Å²) in [5.41, 5.74) is 1.31. The van der Waals surface area contributed by atoms with Gasteiger partial charge in [-0.1, -0.05) is 32.9 Å². The van der Waals surface area contributed by atoms with E-state index in [-0.39, 0.29) is 17.2 Å². The van der Waals surface area contributed by atoms with Crippen LogP contribution in [0.25, 0.3) is 0 Å². The third-order valence-corrected chi connectivity index (χ3v) is 4.39. The van der Waals surface area contributed by atoms with Crippen LogP contribution in [0.1, 0.15) is 59.9 Å². The zero-order valence-electron chi connectivity index (χ0n) is 17.1. The lowest BCUT2D eigenvalue weighted by atomic mass is 9.87. The van der Waals surface area contributed by atoms with Gasteiger partial charge in [-0.15, -0.1) is 0 Å². The van der Waals surface area contributed by atoms with Gasteiger partial charge in [-0.25, -0.2) is 0 Å². The maximum atomic E-state index is 12.1. The summed E-state index contributed by atoms with van der Waals surface area (Å²) in [6.45, 7) is 14.1. The Balaban J connectivity index is 2.38. The van der Waals surface area contributed by atoms with Crippen LogP contribution in [0.15, 0.2) is 24.3 Å². The molecule has 0 heterocycles. The second kappa shape index (κ2) is 10.2. The molecule has 1 unspecified atom stereocenters. The second-order valence-corrected chi connectivity index (χ2v) is 7.50. The molecule has 0 aliphatic heterocycles. The van der Waals surface area contributed by atoms with Crippen LogP contribution in [-0.2, 0) is 15.0 Å². The van der Waals surface area contributed by atoms with E-state index in [0.717, 1.165) is 13.1 Å². The van der Waals surface area contributed by atoms with E-state index in [2.05, 4.69) is 26.1 Å². The van der Waals surface area contributed by atoms with Crippen molar-refractivity contribution in [3.05, 3.63) is 29.8 Å². The van der Waals surface area contributed by atoms with Crippen molar-refractivity contribution < 1.29 is 14.3 Å². The number of rotatable bonds is 9. The summed E-state index contributed by atoms with van der Waals surface area (Å²) in [7, 11) is 0. The zero-order valence-corrected chi connectivity index (χ0v) is 17.1. The van der Waals surface area contributed by atoms with Crippen LogP contribution in [0.3, 0.4) is 0 Å². The van der Waals surface area contributed by atoms with E-state index >= 15 is 0 Å². The van der Waals surface area contributed by atoms with E-state index in [1.807, 2.05) is 38.1 Å². The van der Waals surface area contributed by atoms with E-state index in [1.54, 1.807) is 11.8 Å². The third kappa shape index (κ3) is 7.06. The average Bonchev–Trinajstić information content (AvgIpc) is 2.59. The number of ether oxygens (including phenoxy) is 1. The molecule has 0 fully saturated rings. The number of benzene rings is 1. The maximum Gasteiger partial charge on any atom is 0.260 e. The topological polar surface area (TPSA) is 58.6 Å². The normalized spacial score (nSPS) is 12.4. The first kappa shape index (κ1) is 22.0. The van der Waals surface area contributed by atoms with Crippen molar-refractivity contribution >= 4 is 11.8 Å². The number of nitrogens with one attached hydrogen (secondary N) is 1. The summed E-state index contributed by atoms with van der Waals surface area (Å²) < 4.78 is 5.71. The molecule has 5 nitrogen and oxygen atoms in total. The Hall–Kier alpha value is -2.04. The SMILES string of the molecule is CCN(CC)C(=O)CCCNC(=O)C(C)Oc1ccc(C(C)(C)C)cc1. The van der Waals surface area contributed by atoms with Crippen molar-refractivity contribution in [2.45, 2.75) is 65.9 Å². The molecule has 0 radical (unpaired) electrons. The van der Waals surface area contributed by atoms with Gasteiger partial charge in [0.15, 0.2) is 6.10 Å². The van der Waals surface area contributed by atoms with Gasteiger partial charge >= 0.3 is 0 Å². The predicted molar refractivity (Wildman–Crippen MR) is 105 cm³/mol. The maximum absolute atomic E-state index is 12.1. The summed E-state index contributed by atoms with van der Waals surface area (Å²) in [6, 6.07) is 7.85. The van der Waals surface area contributed by atoms with E-state index in [1.165, 1.54) is 5.56 Å². The van der Waals surface area contributed by atoms with Gasteiger partial charge in [0.2, 0.25) is 5.91 Å². The van der Waals surface area contributed by atoms with Gasteiger partial charge in [-0.2, -0.15) is 0 Å². The minimum Gasteiger partial charge on any atom is -0.481 e. The molecule has 0 bridgehead atoms. The molecule has 1 N–H and O–H groups in total. The van der Waals surface area contributed by atoms with Crippen molar-refractivity contribution in [1.82, 2.24) is 10.2 Å². The van der Waals surface area contributed by atoms with Gasteiger partial charge in [-0.3, -0.25) is 9.59 Å². The molecule has 0 saturated carbocycles. The first-order valence-electron chi connectivity index (χ1n) is 9.51. The monoisotopic (exact) mass is 362 g/mol. The van der Waals surface area contributed by atoms with E-state index < -0.39 is 6.10 Å². The van der Waals surface area contributed by atoms with Gasteiger partial charge in [0.25, 0.3) is 5.91 Å². The third-order valence-electron chi connectivity index (χ3n) is 4.39. The predicted octanol–water partition coefficient (Wildman–Crippen LogP) is 3.52. The van der Waals surface area contributed by atoms with Crippen molar-refractivity contribution in [1.29, 1.82) is 0 Å². The molecule has 2 amide bonds. The van der Waals surface area contributed by atoms with Crippen molar-refractivity contribution in [2.75, 3.05) is 19.6 Å². The Morgan fingerprint density at radius 2 is 1.69 bits per heavy atom. The summed E-state index contributed by atoms with van der Waals surface area (Å²) >= 11 is 0. The van der Waals surface area contributed by atoms with E-state index in [4.69, 9.17) is 4.74 Å². The molecule has 5 heteroatoms. The van der Waals surface area contributed by atoms with Crippen LogP contribution in [0.5, 0.6) is 5.75 Å². The van der Waals surface area contributed by atoms with Crippen LogP contribution in [0.4, 0.5) is 0 Å². The average molecular weight is 363 g/mol. The molecule has 0 aliphatic rings. The molecular formula is C21H34N2O3. The van der Waals surface area contributed by atoms with Crippen LogP contribution < -0.4 is 10.1 Å². The highest BCUT2D eigenvalue weighted by Crippen LogP contribution is 2.24. The first-order chi connectivity index (χ1) is 12.2. The lowest BCUT2D eigenvalue weighted by Gasteiger charge is -2.20. The Bertz CT molecular complexity index is 572. The minimum absolute atomic E-state index is 0.0874.